The van der Waals surface area contributed by atoms with Crippen LogP contribution in [0.4, 0.5) is 19.0 Å². The predicted octanol–water partition coefficient (Wildman–Crippen LogP) is 4.19. The van der Waals surface area contributed by atoms with Gasteiger partial charge in [0.1, 0.15) is 11.6 Å². The number of pyridine rings is 1. The number of hydrogen-bond acceptors (Lipinski definition) is 3. The van der Waals surface area contributed by atoms with Crippen molar-refractivity contribution in [2.45, 2.75) is 24.9 Å². The maximum absolute atomic E-state index is 12.6. The Morgan fingerprint density at radius 1 is 1.00 bits per heavy atom. The maximum atomic E-state index is 12.6. The second kappa shape index (κ2) is 6.10. The molecule has 0 radical (unpaired) electrons. The minimum Gasteiger partial charge on any atom is -0.508 e. The summed E-state index contributed by atoms with van der Waals surface area (Å²) in [6, 6.07) is 9.72. The van der Waals surface area contributed by atoms with Crippen LogP contribution in [0.5, 0.6) is 5.75 Å². The van der Waals surface area contributed by atoms with Crippen molar-refractivity contribution in [1.82, 2.24) is 4.98 Å². The van der Waals surface area contributed by atoms with Crippen LogP contribution in [0.15, 0.2) is 42.6 Å². The number of hydrogen-bond donors (Lipinski definition) is 1. The normalized spacial score (nSPS) is 16.6. The quantitative estimate of drug-likeness (QED) is 0.900. The zero-order chi connectivity index (χ0) is 16.4. The fraction of sp³-hybridized carbons (Fsp3) is 0.353. The molecule has 122 valence electrons. The summed E-state index contributed by atoms with van der Waals surface area (Å²) in [4.78, 5) is 5.96. The molecule has 1 aliphatic rings. The maximum Gasteiger partial charge on any atom is 0.417 e. The zero-order valence-electron chi connectivity index (χ0n) is 12.4. The van der Waals surface area contributed by atoms with Gasteiger partial charge in [-0.2, -0.15) is 13.2 Å². The Labute approximate surface area is 132 Å². The van der Waals surface area contributed by atoms with Crippen molar-refractivity contribution in [3.63, 3.8) is 0 Å². The number of phenols is 1. The molecular formula is C17H17F3N2O. The first-order valence-corrected chi connectivity index (χ1v) is 7.50. The van der Waals surface area contributed by atoms with Crippen molar-refractivity contribution in [3.8, 4) is 5.75 Å². The third-order valence-electron chi connectivity index (χ3n) is 4.26. The van der Waals surface area contributed by atoms with Crippen LogP contribution in [0, 0.1) is 0 Å². The molecule has 3 rings (SSSR count). The molecule has 0 atom stereocenters. The molecule has 0 saturated carbocycles. The van der Waals surface area contributed by atoms with Gasteiger partial charge in [-0.15, -0.1) is 0 Å². The van der Waals surface area contributed by atoms with Gasteiger partial charge in [-0.05, 0) is 48.6 Å². The number of aromatic hydroxyl groups is 1. The van der Waals surface area contributed by atoms with E-state index in [2.05, 4.69) is 4.98 Å². The Morgan fingerprint density at radius 3 is 2.17 bits per heavy atom. The average Bonchev–Trinajstić information content (AvgIpc) is 2.55. The summed E-state index contributed by atoms with van der Waals surface area (Å²) >= 11 is 0. The lowest BCUT2D eigenvalue weighted by Crippen LogP contribution is -2.33. The largest absolute Gasteiger partial charge is 0.508 e. The fourth-order valence-corrected chi connectivity index (χ4v) is 2.93. The molecule has 23 heavy (non-hydrogen) atoms. The van der Waals surface area contributed by atoms with Gasteiger partial charge >= 0.3 is 6.18 Å². The molecule has 1 N–H and O–H groups in total. The van der Waals surface area contributed by atoms with Gasteiger partial charge in [-0.3, -0.25) is 0 Å². The van der Waals surface area contributed by atoms with E-state index < -0.39 is 11.7 Å². The van der Waals surface area contributed by atoms with E-state index in [1.165, 1.54) is 11.6 Å². The summed E-state index contributed by atoms with van der Waals surface area (Å²) in [5, 5.41) is 9.33. The van der Waals surface area contributed by atoms with Crippen molar-refractivity contribution in [2.75, 3.05) is 18.0 Å². The Morgan fingerprint density at radius 2 is 1.65 bits per heavy atom. The Hall–Kier alpha value is -2.24. The smallest absolute Gasteiger partial charge is 0.417 e. The topological polar surface area (TPSA) is 36.4 Å². The summed E-state index contributed by atoms with van der Waals surface area (Å²) in [5.41, 5.74) is 0.461. The Bertz CT molecular complexity index is 645. The lowest BCUT2D eigenvalue weighted by Gasteiger charge is -2.33. The molecule has 0 unspecified atom stereocenters. The van der Waals surface area contributed by atoms with Crippen LogP contribution in [0.3, 0.4) is 0 Å². The van der Waals surface area contributed by atoms with E-state index in [-0.39, 0.29) is 5.75 Å². The minimum absolute atomic E-state index is 0.250. The molecule has 1 aromatic heterocycles. The van der Waals surface area contributed by atoms with Crippen molar-refractivity contribution in [3.05, 3.63) is 53.7 Å². The summed E-state index contributed by atoms with van der Waals surface area (Å²) in [5.74, 6) is 1.24. The highest BCUT2D eigenvalue weighted by Gasteiger charge is 2.31. The van der Waals surface area contributed by atoms with Crippen LogP contribution in [-0.2, 0) is 6.18 Å². The highest BCUT2D eigenvalue weighted by atomic mass is 19.4. The second-order valence-electron chi connectivity index (χ2n) is 5.76. The van der Waals surface area contributed by atoms with Crippen molar-refractivity contribution in [2.24, 2.45) is 0 Å². The van der Waals surface area contributed by atoms with Crippen LogP contribution in [0.2, 0.25) is 0 Å². The lowest BCUT2D eigenvalue weighted by atomic mass is 9.89. The number of aromatic nitrogens is 1. The molecule has 2 aromatic rings. The van der Waals surface area contributed by atoms with Gasteiger partial charge in [0, 0.05) is 19.3 Å². The SMILES string of the molecule is Oc1ccc(C2CCN(c3ccc(C(F)(F)F)cn3)CC2)cc1. The number of rotatable bonds is 2. The van der Waals surface area contributed by atoms with Crippen LogP contribution >= 0.6 is 0 Å². The number of nitrogens with zero attached hydrogens (tertiary/aromatic N) is 2. The molecule has 2 heterocycles. The van der Waals surface area contributed by atoms with E-state index in [1.807, 2.05) is 17.0 Å². The molecule has 0 aliphatic carbocycles. The number of phenolic OH excluding ortho intramolecular Hbond substituents is 1. The van der Waals surface area contributed by atoms with Gasteiger partial charge in [-0.1, -0.05) is 12.1 Å². The second-order valence-corrected chi connectivity index (χ2v) is 5.76. The molecular weight excluding hydrogens is 305 g/mol. The Balaban J connectivity index is 1.63. The molecule has 1 aliphatic heterocycles. The fourth-order valence-electron chi connectivity index (χ4n) is 2.93. The lowest BCUT2D eigenvalue weighted by molar-refractivity contribution is -0.137. The van der Waals surface area contributed by atoms with Crippen molar-refractivity contribution in [1.29, 1.82) is 0 Å². The molecule has 1 saturated heterocycles. The molecule has 3 nitrogen and oxygen atoms in total. The van der Waals surface area contributed by atoms with Gasteiger partial charge in [0.15, 0.2) is 0 Å². The van der Waals surface area contributed by atoms with Crippen LogP contribution in [0.1, 0.15) is 29.9 Å². The van der Waals surface area contributed by atoms with Crippen molar-refractivity contribution >= 4 is 5.82 Å². The molecule has 0 bridgehead atoms. The molecule has 1 fully saturated rings. The van der Waals surface area contributed by atoms with E-state index in [0.717, 1.165) is 38.2 Å². The first-order chi connectivity index (χ1) is 10.9. The first kappa shape index (κ1) is 15.6. The van der Waals surface area contributed by atoms with Crippen LogP contribution < -0.4 is 4.90 Å². The van der Waals surface area contributed by atoms with E-state index in [4.69, 9.17) is 0 Å². The summed E-state index contributed by atoms with van der Waals surface area (Å²) in [6.07, 6.45) is -1.64. The van der Waals surface area contributed by atoms with Gasteiger partial charge in [0.2, 0.25) is 0 Å². The van der Waals surface area contributed by atoms with Crippen LogP contribution in [0.25, 0.3) is 0 Å². The highest BCUT2D eigenvalue weighted by molar-refractivity contribution is 5.41. The highest BCUT2D eigenvalue weighted by Crippen LogP contribution is 2.32. The van der Waals surface area contributed by atoms with Crippen LogP contribution in [-0.4, -0.2) is 23.2 Å². The standard InChI is InChI=1S/C17H17F3N2O/c18-17(19,20)14-3-6-16(21-11-14)22-9-7-13(8-10-22)12-1-4-15(23)5-2-12/h1-6,11,13,23H,7-10H2. The minimum atomic E-state index is -4.35. The summed E-state index contributed by atoms with van der Waals surface area (Å²) in [7, 11) is 0. The van der Waals surface area contributed by atoms with E-state index in [0.29, 0.717) is 11.7 Å². The average molecular weight is 322 g/mol. The molecule has 0 spiro atoms. The van der Waals surface area contributed by atoms with Gasteiger partial charge < -0.3 is 10.0 Å². The number of anilines is 1. The van der Waals surface area contributed by atoms with Gasteiger partial charge in [0.25, 0.3) is 0 Å². The zero-order valence-corrected chi connectivity index (χ0v) is 12.4. The molecule has 0 amide bonds. The summed E-state index contributed by atoms with van der Waals surface area (Å²) < 4.78 is 37.7. The van der Waals surface area contributed by atoms with Crippen molar-refractivity contribution < 1.29 is 18.3 Å². The monoisotopic (exact) mass is 322 g/mol. The molecule has 1 aromatic carbocycles. The van der Waals surface area contributed by atoms with Gasteiger partial charge in [0.05, 0.1) is 5.56 Å². The van der Waals surface area contributed by atoms with Gasteiger partial charge in [-0.25, -0.2) is 4.98 Å². The van der Waals surface area contributed by atoms with E-state index >= 15 is 0 Å². The third kappa shape index (κ3) is 3.57. The Kier molecular flexibility index (Phi) is 4.15. The summed E-state index contributed by atoms with van der Waals surface area (Å²) in [6.45, 7) is 1.51. The predicted molar refractivity (Wildman–Crippen MR) is 81.5 cm³/mol. The number of halogens is 3. The third-order valence-corrected chi connectivity index (χ3v) is 4.26. The number of alkyl halides is 3. The first-order valence-electron chi connectivity index (χ1n) is 7.50. The van der Waals surface area contributed by atoms with E-state index in [1.54, 1.807) is 12.1 Å². The number of piperidine rings is 1. The van der Waals surface area contributed by atoms with E-state index in [9.17, 15) is 18.3 Å². The number of benzene rings is 1. The molecule has 6 heteroatoms.